The maximum atomic E-state index is 12.1. The summed E-state index contributed by atoms with van der Waals surface area (Å²) in [6.07, 6.45) is 8.37. The van der Waals surface area contributed by atoms with Gasteiger partial charge in [-0.1, -0.05) is 6.07 Å². The number of hydrogen-bond donors (Lipinski definition) is 0. The highest BCUT2D eigenvalue weighted by Crippen LogP contribution is 2.34. The number of carbonyl (C=O) groups is 1. The van der Waals surface area contributed by atoms with E-state index in [-0.39, 0.29) is 18.1 Å². The number of piperidine rings is 1. The number of pyridine rings is 1. The molecule has 0 unspecified atom stereocenters. The monoisotopic (exact) mass is 315 g/mol. The lowest BCUT2D eigenvalue weighted by atomic mass is 9.89. The van der Waals surface area contributed by atoms with E-state index in [1.54, 1.807) is 0 Å². The van der Waals surface area contributed by atoms with Gasteiger partial charge in [0.25, 0.3) is 0 Å². The predicted octanol–water partition coefficient (Wildman–Crippen LogP) is 1.68. The lowest BCUT2D eigenvalue weighted by Crippen LogP contribution is -2.58. The molecule has 3 heterocycles. The fraction of sp³-hybridized carbons (Fsp3) is 0.667. The molecule has 5 heteroatoms. The van der Waals surface area contributed by atoms with Gasteiger partial charge in [0.2, 0.25) is 5.91 Å². The Kier molecular flexibility index (Phi) is 4.07. The molecule has 3 fully saturated rings. The van der Waals surface area contributed by atoms with Crippen LogP contribution in [0.15, 0.2) is 24.5 Å². The number of aromatic nitrogens is 1. The van der Waals surface area contributed by atoms with Crippen LogP contribution >= 0.6 is 0 Å². The van der Waals surface area contributed by atoms with Crippen LogP contribution in [0, 0.1) is 5.92 Å². The molecule has 2 aliphatic heterocycles. The van der Waals surface area contributed by atoms with E-state index < -0.39 is 0 Å². The van der Waals surface area contributed by atoms with Gasteiger partial charge in [-0.15, -0.1) is 0 Å². The zero-order chi connectivity index (χ0) is 15.7. The van der Waals surface area contributed by atoms with Crippen LogP contribution in [0.4, 0.5) is 0 Å². The van der Waals surface area contributed by atoms with Gasteiger partial charge in [0.05, 0.1) is 5.60 Å². The lowest BCUT2D eigenvalue weighted by molar-refractivity contribution is -0.172. The third kappa shape index (κ3) is 3.56. The molecule has 0 N–H and O–H groups in total. The molecule has 1 aromatic heterocycles. The standard InChI is InChI=1S/C18H25N3O2/c22-17-13-23-18(14-21(17)12-15-3-4-15)5-8-20(9-6-18)11-16-2-1-7-19-10-16/h1-2,7,10,15H,3-6,8-9,11-14H2. The lowest BCUT2D eigenvalue weighted by Gasteiger charge is -2.47. The summed E-state index contributed by atoms with van der Waals surface area (Å²) in [5.74, 6) is 0.931. The van der Waals surface area contributed by atoms with Gasteiger partial charge in [0.1, 0.15) is 6.61 Å². The number of hydrogen-bond acceptors (Lipinski definition) is 4. The number of likely N-dealkylation sites (tertiary alicyclic amines) is 1. The third-order valence-electron chi connectivity index (χ3n) is 5.41. The Morgan fingerprint density at radius 1 is 1.30 bits per heavy atom. The minimum absolute atomic E-state index is 0.103. The molecule has 0 aromatic carbocycles. The number of ether oxygens (including phenoxy) is 1. The minimum Gasteiger partial charge on any atom is -0.363 e. The molecule has 1 aliphatic carbocycles. The van der Waals surface area contributed by atoms with E-state index in [4.69, 9.17) is 4.74 Å². The van der Waals surface area contributed by atoms with Crippen molar-refractivity contribution in [2.75, 3.05) is 32.8 Å². The first-order chi connectivity index (χ1) is 11.2. The van der Waals surface area contributed by atoms with Gasteiger partial charge in [-0.3, -0.25) is 14.7 Å². The van der Waals surface area contributed by atoms with Gasteiger partial charge >= 0.3 is 0 Å². The first-order valence-corrected chi connectivity index (χ1v) is 8.75. The maximum Gasteiger partial charge on any atom is 0.248 e. The van der Waals surface area contributed by atoms with Crippen molar-refractivity contribution < 1.29 is 9.53 Å². The normalized spacial score (nSPS) is 25.0. The van der Waals surface area contributed by atoms with E-state index in [1.165, 1.54) is 18.4 Å². The Morgan fingerprint density at radius 3 is 2.83 bits per heavy atom. The topological polar surface area (TPSA) is 45.7 Å². The van der Waals surface area contributed by atoms with E-state index in [0.717, 1.165) is 51.5 Å². The van der Waals surface area contributed by atoms with Crippen molar-refractivity contribution in [2.24, 2.45) is 5.92 Å². The van der Waals surface area contributed by atoms with Crippen molar-refractivity contribution in [3.63, 3.8) is 0 Å². The summed E-state index contributed by atoms with van der Waals surface area (Å²) >= 11 is 0. The van der Waals surface area contributed by atoms with Crippen LogP contribution in [0.25, 0.3) is 0 Å². The summed E-state index contributed by atoms with van der Waals surface area (Å²) in [5, 5.41) is 0. The zero-order valence-electron chi connectivity index (χ0n) is 13.6. The molecular formula is C18H25N3O2. The van der Waals surface area contributed by atoms with Crippen LogP contribution in [-0.2, 0) is 16.1 Å². The predicted molar refractivity (Wildman–Crippen MR) is 86.7 cm³/mol. The average molecular weight is 315 g/mol. The van der Waals surface area contributed by atoms with Gasteiger partial charge in [-0.25, -0.2) is 0 Å². The second-order valence-corrected chi connectivity index (χ2v) is 7.33. The molecule has 0 bridgehead atoms. The summed E-state index contributed by atoms with van der Waals surface area (Å²) in [4.78, 5) is 20.8. The first kappa shape index (κ1) is 15.1. The van der Waals surface area contributed by atoms with Gasteiger partial charge in [-0.05, 0) is 43.2 Å². The minimum atomic E-state index is -0.103. The van der Waals surface area contributed by atoms with E-state index in [9.17, 15) is 4.79 Å². The van der Waals surface area contributed by atoms with E-state index in [0.29, 0.717) is 0 Å². The summed E-state index contributed by atoms with van der Waals surface area (Å²) in [6.45, 7) is 5.02. The Morgan fingerprint density at radius 2 is 2.13 bits per heavy atom. The number of rotatable bonds is 4. The van der Waals surface area contributed by atoms with E-state index in [1.807, 2.05) is 18.5 Å². The second-order valence-electron chi connectivity index (χ2n) is 7.33. The molecule has 4 rings (SSSR count). The Balaban J connectivity index is 1.33. The van der Waals surface area contributed by atoms with Crippen molar-refractivity contribution in [3.05, 3.63) is 30.1 Å². The van der Waals surface area contributed by atoms with E-state index in [2.05, 4.69) is 20.9 Å². The second kappa shape index (κ2) is 6.21. The number of amides is 1. The van der Waals surface area contributed by atoms with Crippen LogP contribution < -0.4 is 0 Å². The number of carbonyl (C=O) groups excluding carboxylic acids is 1. The zero-order valence-corrected chi connectivity index (χ0v) is 13.6. The highest BCUT2D eigenvalue weighted by Gasteiger charge is 2.43. The molecule has 23 heavy (non-hydrogen) atoms. The van der Waals surface area contributed by atoms with E-state index >= 15 is 0 Å². The van der Waals surface area contributed by atoms with Crippen LogP contribution in [0.3, 0.4) is 0 Å². The van der Waals surface area contributed by atoms with Crippen LogP contribution in [0.1, 0.15) is 31.2 Å². The summed E-state index contributed by atoms with van der Waals surface area (Å²) in [7, 11) is 0. The van der Waals surface area contributed by atoms with Gasteiger partial charge < -0.3 is 9.64 Å². The molecule has 1 amide bonds. The summed E-state index contributed by atoms with van der Waals surface area (Å²) in [5.41, 5.74) is 1.16. The van der Waals surface area contributed by atoms with Gasteiger partial charge in [-0.2, -0.15) is 0 Å². The summed E-state index contributed by atoms with van der Waals surface area (Å²) < 4.78 is 6.02. The van der Waals surface area contributed by atoms with Crippen molar-refractivity contribution in [1.29, 1.82) is 0 Å². The van der Waals surface area contributed by atoms with Crippen LogP contribution in [-0.4, -0.2) is 59.1 Å². The molecule has 0 radical (unpaired) electrons. The summed E-state index contributed by atoms with van der Waals surface area (Å²) in [6, 6.07) is 4.12. The van der Waals surface area contributed by atoms with Crippen molar-refractivity contribution in [3.8, 4) is 0 Å². The Bertz CT molecular complexity index is 551. The smallest absolute Gasteiger partial charge is 0.248 e. The SMILES string of the molecule is O=C1COC2(CCN(Cc3cccnc3)CC2)CN1CC1CC1. The Hall–Kier alpha value is -1.46. The quantitative estimate of drug-likeness (QED) is 0.848. The molecule has 5 nitrogen and oxygen atoms in total. The average Bonchev–Trinajstić information content (AvgIpc) is 3.39. The first-order valence-electron chi connectivity index (χ1n) is 8.75. The molecule has 2 saturated heterocycles. The van der Waals surface area contributed by atoms with Crippen molar-refractivity contribution >= 4 is 5.91 Å². The van der Waals surface area contributed by atoms with Crippen molar-refractivity contribution in [1.82, 2.24) is 14.8 Å². The van der Waals surface area contributed by atoms with Crippen LogP contribution in [0.2, 0.25) is 0 Å². The fourth-order valence-electron chi connectivity index (χ4n) is 3.74. The molecular weight excluding hydrogens is 290 g/mol. The third-order valence-corrected chi connectivity index (χ3v) is 5.41. The number of nitrogens with zero attached hydrogens (tertiary/aromatic N) is 3. The highest BCUT2D eigenvalue weighted by atomic mass is 16.5. The fourth-order valence-corrected chi connectivity index (χ4v) is 3.74. The molecule has 0 atom stereocenters. The molecule has 1 aromatic rings. The number of morpholine rings is 1. The van der Waals surface area contributed by atoms with Gasteiger partial charge in [0.15, 0.2) is 0 Å². The van der Waals surface area contributed by atoms with Gasteiger partial charge in [0, 0.05) is 45.1 Å². The molecule has 124 valence electrons. The van der Waals surface area contributed by atoms with Crippen molar-refractivity contribution in [2.45, 2.75) is 37.8 Å². The largest absolute Gasteiger partial charge is 0.363 e. The maximum absolute atomic E-state index is 12.1. The highest BCUT2D eigenvalue weighted by molar-refractivity contribution is 5.78. The molecule has 1 spiro atoms. The molecule has 3 aliphatic rings. The molecule has 1 saturated carbocycles. The Labute approximate surface area is 137 Å². The van der Waals surface area contributed by atoms with Crippen LogP contribution in [0.5, 0.6) is 0 Å².